The smallest absolute Gasteiger partial charge is 0.218 e. The topological polar surface area (TPSA) is 75.3 Å². The molecule has 0 heterocycles. The predicted octanol–water partition coefficient (Wildman–Crippen LogP) is 0.0109. The Morgan fingerprint density at radius 1 is 1.47 bits per heavy atom. The summed E-state index contributed by atoms with van der Waals surface area (Å²) in [5.41, 5.74) is 6.77. The number of aliphatic hydroxyl groups excluding tert-OH is 1. The molecule has 0 aliphatic rings. The Kier molecular flexibility index (Phi) is 4.27. The molecule has 0 aliphatic heterocycles. The molecular formula is C11H16N2O2. The van der Waals surface area contributed by atoms with Crippen molar-refractivity contribution >= 4 is 5.91 Å². The molecule has 0 spiro atoms. The normalized spacial score (nSPS) is 14.3. The van der Waals surface area contributed by atoms with Crippen LogP contribution in [-0.4, -0.2) is 23.3 Å². The highest BCUT2D eigenvalue weighted by Crippen LogP contribution is 2.03. The molecule has 0 radical (unpaired) electrons. The van der Waals surface area contributed by atoms with Gasteiger partial charge in [-0.25, -0.2) is 0 Å². The van der Waals surface area contributed by atoms with Crippen LogP contribution in [0, 0.1) is 0 Å². The van der Waals surface area contributed by atoms with Gasteiger partial charge in [-0.3, -0.25) is 4.79 Å². The van der Waals surface area contributed by atoms with E-state index < -0.39 is 12.3 Å². The second-order valence-electron chi connectivity index (χ2n) is 3.50. The van der Waals surface area contributed by atoms with Gasteiger partial charge in [0.15, 0.2) is 0 Å². The zero-order valence-electron chi connectivity index (χ0n) is 8.68. The van der Waals surface area contributed by atoms with Crippen molar-refractivity contribution in [3.05, 3.63) is 35.9 Å². The number of carbonyl (C=O) groups excluding carboxylic acids is 1. The maximum atomic E-state index is 10.7. The average molecular weight is 208 g/mol. The highest BCUT2D eigenvalue weighted by Gasteiger charge is 2.15. The third-order valence-electron chi connectivity index (χ3n) is 2.07. The Labute approximate surface area is 89.1 Å². The van der Waals surface area contributed by atoms with Crippen LogP contribution < -0.4 is 11.1 Å². The summed E-state index contributed by atoms with van der Waals surface area (Å²) in [6.07, 6.45) is -0.467. The van der Waals surface area contributed by atoms with Crippen molar-refractivity contribution in [2.24, 2.45) is 5.73 Å². The lowest BCUT2D eigenvalue weighted by molar-refractivity contribution is -0.122. The van der Waals surface area contributed by atoms with Gasteiger partial charge in [-0.2, -0.15) is 0 Å². The van der Waals surface area contributed by atoms with Gasteiger partial charge in [0, 0.05) is 6.92 Å². The van der Waals surface area contributed by atoms with E-state index in [9.17, 15) is 9.90 Å². The number of hydrogen-bond donors (Lipinski definition) is 3. The minimum atomic E-state index is -0.997. The summed E-state index contributed by atoms with van der Waals surface area (Å²) in [7, 11) is 0. The monoisotopic (exact) mass is 208 g/mol. The van der Waals surface area contributed by atoms with Gasteiger partial charge in [-0.1, -0.05) is 30.3 Å². The van der Waals surface area contributed by atoms with Gasteiger partial charge in [0.05, 0.1) is 6.04 Å². The molecule has 1 amide bonds. The molecule has 2 atom stereocenters. The quantitative estimate of drug-likeness (QED) is 0.610. The van der Waals surface area contributed by atoms with E-state index in [1.807, 2.05) is 30.3 Å². The molecule has 0 saturated heterocycles. The van der Waals surface area contributed by atoms with Crippen molar-refractivity contribution < 1.29 is 9.90 Å². The molecule has 1 aromatic carbocycles. The van der Waals surface area contributed by atoms with Crippen LogP contribution in [0.5, 0.6) is 0 Å². The van der Waals surface area contributed by atoms with Crippen molar-refractivity contribution in [2.45, 2.75) is 25.6 Å². The summed E-state index contributed by atoms with van der Waals surface area (Å²) >= 11 is 0. The van der Waals surface area contributed by atoms with Crippen molar-refractivity contribution in [1.82, 2.24) is 5.32 Å². The Hall–Kier alpha value is -1.39. The number of nitrogens with one attached hydrogen (secondary N) is 1. The van der Waals surface area contributed by atoms with Crippen LogP contribution in [-0.2, 0) is 11.2 Å². The fraction of sp³-hybridized carbons (Fsp3) is 0.364. The van der Waals surface area contributed by atoms with Crippen LogP contribution in [0.15, 0.2) is 30.3 Å². The zero-order chi connectivity index (χ0) is 11.3. The van der Waals surface area contributed by atoms with Crippen LogP contribution in [0.25, 0.3) is 0 Å². The summed E-state index contributed by atoms with van der Waals surface area (Å²) in [6, 6.07) is 9.11. The molecule has 4 heteroatoms. The second kappa shape index (κ2) is 5.48. The van der Waals surface area contributed by atoms with Crippen LogP contribution in [0.1, 0.15) is 12.5 Å². The number of carbonyl (C=O) groups is 1. The SMILES string of the molecule is CC(=O)NC(O)C(N)Cc1ccccc1. The Morgan fingerprint density at radius 3 is 2.60 bits per heavy atom. The average Bonchev–Trinajstić information content (AvgIpc) is 2.18. The summed E-state index contributed by atoms with van der Waals surface area (Å²) in [4.78, 5) is 10.7. The van der Waals surface area contributed by atoms with E-state index in [0.29, 0.717) is 6.42 Å². The number of nitrogens with two attached hydrogens (primary N) is 1. The number of amides is 1. The van der Waals surface area contributed by atoms with Gasteiger partial charge in [-0.05, 0) is 12.0 Å². The van der Waals surface area contributed by atoms with Crippen LogP contribution in [0.4, 0.5) is 0 Å². The van der Waals surface area contributed by atoms with Gasteiger partial charge < -0.3 is 16.2 Å². The molecule has 4 N–H and O–H groups in total. The largest absolute Gasteiger partial charge is 0.372 e. The maximum Gasteiger partial charge on any atom is 0.218 e. The first-order valence-corrected chi connectivity index (χ1v) is 4.84. The molecule has 4 nitrogen and oxygen atoms in total. The highest BCUT2D eigenvalue weighted by atomic mass is 16.3. The fourth-order valence-corrected chi connectivity index (χ4v) is 1.31. The van der Waals surface area contributed by atoms with Gasteiger partial charge in [0.25, 0.3) is 0 Å². The molecule has 1 rings (SSSR count). The molecule has 0 aliphatic carbocycles. The first-order valence-electron chi connectivity index (χ1n) is 4.84. The first kappa shape index (κ1) is 11.7. The second-order valence-corrected chi connectivity index (χ2v) is 3.50. The molecule has 15 heavy (non-hydrogen) atoms. The first-order chi connectivity index (χ1) is 7.09. The zero-order valence-corrected chi connectivity index (χ0v) is 8.68. The van der Waals surface area contributed by atoms with E-state index in [4.69, 9.17) is 5.73 Å². The van der Waals surface area contributed by atoms with Crippen LogP contribution in [0.2, 0.25) is 0 Å². The van der Waals surface area contributed by atoms with Crippen molar-refractivity contribution in [3.8, 4) is 0 Å². The number of benzene rings is 1. The van der Waals surface area contributed by atoms with Crippen molar-refractivity contribution in [3.63, 3.8) is 0 Å². The van der Waals surface area contributed by atoms with E-state index in [1.54, 1.807) is 0 Å². The summed E-state index contributed by atoms with van der Waals surface area (Å²) < 4.78 is 0. The van der Waals surface area contributed by atoms with E-state index in [-0.39, 0.29) is 5.91 Å². The Morgan fingerprint density at radius 2 is 2.07 bits per heavy atom. The Balaban J connectivity index is 2.48. The molecule has 82 valence electrons. The lowest BCUT2D eigenvalue weighted by atomic mass is 10.1. The van der Waals surface area contributed by atoms with Crippen molar-refractivity contribution in [2.75, 3.05) is 0 Å². The van der Waals surface area contributed by atoms with Crippen LogP contribution in [0.3, 0.4) is 0 Å². The minimum absolute atomic E-state index is 0.286. The minimum Gasteiger partial charge on any atom is -0.372 e. The molecule has 0 saturated carbocycles. The summed E-state index contributed by atoms with van der Waals surface area (Å²) in [5, 5.41) is 11.8. The maximum absolute atomic E-state index is 10.7. The molecule has 2 unspecified atom stereocenters. The lowest BCUT2D eigenvalue weighted by Gasteiger charge is -2.19. The van der Waals surface area contributed by atoms with Gasteiger partial charge in [0.1, 0.15) is 6.23 Å². The molecular weight excluding hydrogens is 192 g/mol. The highest BCUT2D eigenvalue weighted by molar-refractivity contribution is 5.73. The molecule has 0 bridgehead atoms. The van der Waals surface area contributed by atoms with E-state index in [2.05, 4.69) is 5.32 Å². The summed E-state index contributed by atoms with van der Waals surface area (Å²) in [5.74, 6) is -0.286. The van der Waals surface area contributed by atoms with E-state index in [1.165, 1.54) is 6.92 Å². The number of aliphatic hydroxyl groups is 1. The lowest BCUT2D eigenvalue weighted by Crippen LogP contribution is -2.47. The standard InChI is InChI=1S/C11H16N2O2/c1-8(14)13-11(15)10(12)7-9-5-3-2-4-6-9/h2-6,10-11,15H,7,12H2,1H3,(H,13,14). The Bertz CT molecular complexity index is 314. The molecule has 0 fully saturated rings. The third kappa shape index (κ3) is 4.10. The van der Waals surface area contributed by atoms with E-state index >= 15 is 0 Å². The molecule has 1 aromatic rings. The predicted molar refractivity (Wildman–Crippen MR) is 57.9 cm³/mol. The summed E-state index contributed by atoms with van der Waals surface area (Å²) in [6.45, 7) is 1.35. The number of hydrogen-bond acceptors (Lipinski definition) is 3. The van der Waals surface area contributed by atoms with Gasteiger partial charge in [-0.15, -0.1) is 0 Å². The number of rotatable bonds is 4. The third-order valence-corrected chi connectivity index (χ3v) is 2.07. The van der Waals surface area contributed by atoms with Gasteiger partial charge >= 0.3 is 0 Å². The van der Waals surface area contributed by atoms with E-state index in [0.717, 1.165) is 5.56 Å². The fourth-order valence-electron chi connectivity index (χ4n) is 1.31. The van der Waals surface area contributed by atoms with Gasteiger partial charge in [0.2, 0.25) is 5.91 Å². The van der Waals surface area contributed by atoms with Crippen molar-refractivity contribution in [1.29, 1.82) is 0 Å². The molecule has 0 aromatic heterocycles. The van der Waals surface area contributed by atoms with Crippen LogP contribution >= 0.6 is 0 Å².